The van der Waals surface area contributed by atoms with Crippen molar-refractivity contribution in [2.24, 2.45) is 0 Å². The van der Waals surface area contributed by atoms with Gasteiger partial charge in [-0.15, -0.1) is 0 Å². The highest BCUT2D eigenvalue weighted by atomic mass is 32.2. The number of aliphatic hydroxyl groups excluding tert-OH is 1. The summed E-state index contributed by atoms with van der Waals surface area (Å²) in [6, 6.07) is 6.94. The Kier molecular flexibility index (Phi) is 5.71. The summed E-state index contributed by atoms with van der Waals surface area (Å²) in [4.78, 5) is 0.282. The summed E-state index contributed by atoms with van der Waals surface area (Å²) in [5.74, 6) is 0. The molecule has 0 heterocycles. The van der Waals surface area contributed by atoms with Gasteiger partial charge in [-0.1, -0.05) is 12.1 Å². The smallest absolute Gasteiger partial charge is 0.175 e. The standard InChI is InChI=1S/C15H23NO3S2/c1-20-13-6-5-12(9-13)16-10-15(17)11-3-7-14(8-4-11)21(2,18)19/h3-4,7-8,12-13,15-17H,5-6,9-10H2,1-2H3. The molecule has 1 aliphatic carbocycles. The Labute approximate surface area is 131 Å². The number of rotatable bonds is 6. The summed E-state index contributed by atoms with van der Waals surface area (Å²) in [6.07, 6.45) is 6.27. The zero-order valence-corrected chi connectivity index (χ0v) is 14.1. The van der Waals surface area contributed by atoms with Crippen LogP contribution in [0.2, 0.25) is 0 Å². The largest absolute Gasteiger partial charge is 0.387 e. The van der Waals surface area contributed by atoms with Crippen LogP contribution in [0.5, 0.6) is 0 Å². The van der Waals surface area contributed by atoms with E-state index < -0.39 is 15.9 Å². The van der Waals surface area contributed by atoms with Crippen molar-refractivity contribution in [3.05, 3.63) is 29.8 Å². The van der Waals surface area contributed by atoms with Crippen LogP contribution in [0.3, 0.4) is 0 Å². The summed E-state index contributed by atoms with van der Waals surface area (Å²) in [6.45, 7) is 0.504. The Morgan fingerprint density at radius 2 is 2.00 bits per heavy atom. The molecule has 2 N–H and O–H groups in total. The molecule has 6 heteroatoms. The highest BCUT2D eigenvalue weighted by Gasteiger charge is 2.24. The lowest BCUT2D eigenvalue weighted by Crippen LogP contribution is -2.31. The quantitative estimate of drug-likeness (QED) is 0.835. The summed E-state index contributed by atoms with van der Waals surface area (Å²) < 4.78 is 22.8. The molecule has 0 aromatic heterocycles. The fourth-order valence-electron chi connectivity index (χ4n) is 2.67. The molecule has 1 aromatic rings. The van der Waals surface area contributed by atoms with Crippen molar-refractivity contribution in [2.45, 2.75) is 41.6 Å². The summed E-state index contributed by atoms with van der Waals surface area (Å²) in [7, 11) is -3.18. The third kappa shape index (κ3) is 4.71. The molecular weight excluding hydrogens is 306 g/mol. The molecule has 21 heavy (non-hydrogen) atoms. The normalized spacial score (nSPS) is 24.1. The molecular formula is C15H23NO3S2. The van der Waals surface area contributed by atoms with Crippen molar-refractivity contribution in [2.75, 3.05) is 19.1 Å². The third-order valence-corrected chi connectivity index (χ3v) is 6.23. The van der Waals surface area contributed by atoms with Gasteiger partial charge in [-0.25, -0.2) is 8.42 Å². The number of thioether (sulfide) groups is 1. The molecule has 0 radical (unpaired) electrons. The van der Waals surface area contributed by atoms with E-state index in [9.17, 15) is 13.5 Å². The van der Waals surface area contributed by atoms with Crippen LogP contribution in [-0.2, 0) is 9.84 Å². The van der Waals surface area contributed by atoms with Gasteiger partial charge in [0.1, 0.15) is 0 Å². The number of benzene rings is 1. The summed E-state index contributed by atoms with van der Waals surface area (Å²) in [5.41, 5.74) is 0.745. The first kappa shape index (κ1) is 16.8. The fourth-order valence-corrected chi connectivity index (χ4v) is 4.10. The van der Waals surface area contributed by atoms with Crippen molar-refractivity contribution in [1.29, 1.82) is 0 Å². The van der Waals surface area contributed by atoms with Gasteiger partial charge in [-0.2, -0.15) is 11.8 Å². The third-order valence-electron chi connectivity index (χ3n) is 4.01. The molecule has 1 aliphatic rings. The van der Waals surface area contributed by atoms with Crippen LogP contribution in [0.25, 0.3) is 0 Å². The van der Waals surface area contributed by atoms with Gasteiger partial charge in [0.25, 0.3) is 0 Å². The number of nitrogens with one attached hydrogen (secondary N) is 1. The maximum Gasteiger partial charge on any atom is 0.175 e. The van der Waals surface area contributed by atoms with E-state index in [0.29, 0.717) is 12.6 Å². The van der Waals surface area contributed by atoms with Crippen molar-refractivity contribution in [3.63, 3.8) is 0 Å². The van der Waals surface area contributed by atoms with E-state index >= 15 is 0 Å². The Morgan fingerprint density at radius 1 is 1.33 bits per heavy atom. The molecule has 0 aliphatic heterocycles. The van der Waals surface area contributed by atoms with Gasteiger partial charge in [0.2, 0.25) is 0 Å². The Bertz CT molecular complexity index is 557. The minimum Gasteiger partial charge on any atom is -0.387 e. The highest BCUT2D eigenvalue weighted by Crippen LogP contribution is 2.28. The van der Waals surface area contributed by atoms with Crippen molar-refractivity contribution >= 4 is 21.6 Å². The predicted molar refractivity (Wildman–Crippen MR) is 87.5 cm³/mol. The maximum atomic E-state index is 11.4. The number of hydrogen-bond acceptors (Lipinski definition) is 5. The lowest BCUT2D eigenvalue weighted by molar-refractivity contribution is 0.170. The minimum absolute atomic E-state index is 0.282. The number of aliphatic hydroxyl groups is 1. The van der Waals surface area contributed by atoms with Gasteiger partial charge >= 0.3 is 0 Å². The molecule has 1 fully saturated rings. The minimum atomic E-state index is -3.18. The highest BCUT2D eigenvalue weighted by molar-refractivity contribution is 7.99. The van der Waals surface area contributed by atoms with Crippen LogP contribution in [-0.4, -0.2) is 43.9 Å². The monoisotopic (exact) mass is 329 g/mol. The Hall–Kier alpha value is -0.560. The van der Waals surface area contributed by atoms with Gasteiger partial charge in [-0.05, 0) is 43.2 Å². The summed E-state index contributed by atoms with van der Waals surface area (Å²) >= 11 is 1.91. The van der Waals surface area contributed by atoms with Gasteiger partial charge in [0.15, 0.2) is 9.84 Å². The molecule has 118 valence electrons. The molecule has 2 rings (SSSR count). The van der Waals surface area contributed by atoms with Crippen molar-refractivity contribution in [3.8, 4) is 0 Å². The SMILES string of the molecule is CSC1CCC(NCC(O)c2ccc(S(C)(=O)=O)cc2)C1. The molecule has 1 aromatic carbocycles. The average molecular weight is 329 g/mol. The first-order valence-corrected chi connectivity index (χ1v) is 10.3. The van der Waals surface area contributed by atoms with Crippen molar-refractivity contribution in [1.82, 2.24) is 5.32 Å². The van der Waals surface area contributed by atoms with Crippen LogP contribution >= 0.6 is 11.8 Å². The van der Waals surface area contributed by atoms with Crippen LogP contribution < -0.4 is 5.32 Å². The predicted octanol–water partition coefficient (Wildman–Crippen LogP) is 2.00. The van der Waals surface area contributed by atoms with Crippen LogP contribution in [0.4, 0.5) is 0 Å². The van der Waals surface area contributed by atoms with E-state index in [1.165, 1.54) is 12.7 Å². The van der Waals surface area contributed by atoms with E-state index in [2.05, 4.69) is 11.6 Å². The molecule has 0 spiro atoms. The molecule has 4 nitrogen and oxygen atoms in total. The second-order valence-electron chi connectivity index (χ2n) is 5.63. The van der Waals surface area contributed by atoms with E-state index in [1.54, 1.807) is 24.3 Å². The second-order valence-corrected chi connectivity index (χ2v) is 8.79. The van der Waals surface area contributed by atoms with E-state index in [4.69, 9.17) is 0 Å². The Morgan fingerprint density at radius 3 is 2.52 bits per heavy atom. The van der Waals surface area contributed by atoms with Gasteiger partial charge < -0.3 is 10.4 Å². The Balaban J connectivity index is 1.87. The van der Waals surface area contributed by atoms with E-state index in [-0.39, 0.29) is 4.90 Å². The zero-order valence-electron chi connectivity index (χ0n) is 12.5. The first-order chi connectivity index (χ1) is 9.90. The first-order valence-electron chi connectivity index (χ1n) is 7.14. The number of sulfone groups is 1. The molecule has 3 atom stereocenters. The molecule has 3 unspecified atom stereocenters. The van der Waals surface area contributed by atoms with Gasteiger partial charge in [0, 0.05) is 24.1 Å². The van der Waals surface area contributed by atoms with E-state index in [0.717, 1.165) is 23.7 Å². The van der Waals surface area contributed by atoms with Crippen LogP contribution in [0.15, 0.2) is 29.2 Å². The molecule has 0 saturated heterocycles. The maximum absolute atomic E-state index is 11.4. The fraction of sp³-hybridized carbons (Fsp3) is 0.600. The van der Waals surface area contributed by atoms with Crippen LogP contribution in [0, 0.1) is 0 Å². The summed E-state index contributed by atoms with van der Waals surface area (Å²) in [5, 5.41) is 14.3. The van der Waals surface area contributed by atoms with Crippen molar-refractivity contribution < 1.29 is 13.5 Å². The van der Waals surface area contributed by atoms with E-state index in [1.807, 2.05) is 11.8 Å². The second kappa shape index (κ2) is 7.13. The molecule has 0 amide bonds. The lowest BCUT2D eigenvalue weighted by Gasteiger charge is -2.17. The van der Waals surface area contributed by atoms with Crippen LogP contribution in [0.1, 0.15) is 30.9 Å². The van der Waals surface area contributed by atoms with Gasteiger partial charge in [0.05, 0.1) is 11.0 Å². The molecule has 0 bridgehead atoms. The lowest BCUT2D eigenvalue weighted by atomic mass is 10.1. The zero-order chi connectivity index (χ0) is 15.5. The average Bonchev–Trinajstić information content (AvgIpc) is 2.92. The number of hydrogen-bond donors (Lipinski definition) is 2. The topological polar surface area (TPSA) is 66.4 Å². The van der Waals surface area contributed by atoms with Gasteiger partial charge in [-0.3, -0.25) is 0 Å². The molecule has 1 saturated carbocycles.